The molecule has 2 rings (SSSR count). The summed E-state index contributed by atoms with van der Waals surface area (Å²) in [7, 11) is 5.71. The van der Waals surface area contributed by atoms with Gasteiger partial charge in [0.05, 0.1) is 13.7 Å². The molecular weight excluding hydrogens is 340 g/mol. The van der Waals surface area contributed by atoms with Gasteiger partial charge in [0.1, 0.15) is 0 Å². The van der Waals surface area contributed by atoms with Crippen LogP contribution in [0.2, 0.25) is 0 Å². The van der Waals surface area contributed by atoms with Crippen molar-refractivity contribution in [1.82, 2.24) is 15.5 Å². The van der Waals surface area contributed by atoms with E-state index in [2.05, 4.69) is 39.7 Å². The van der Waals surface area contributed by atoms with Gasteiger partial charge >= 0.3 is 0 Å². The molecule has 0 atom stereocenters. The molecule has 1 aliphatic rings. The molecule has 0 bridgehead atoms. The number of piperidine rings is 1. The maximum atomic E-state index is 5.65. The van der Waals surface area contributed by atoms with Crippen LogP contribution >= 0.6 is 0 Å². The normalized spacial score (nSPS) is 16.2. The molecule has 27 heavy (non-hydrogen) atoms. The summed E-state index contributed by atoms with van der Waals surface area (Å²) in [6, 6.07) is 6.17. The van der Waals surface area contributed by atoms with E-state index in [1.807, 2.05) is 20.0 Å². The van der Waals surface area contributed by atoms with Crippen molar-refractivity contribution in [2.45, 2.75) is 32.6 Å². The number of methoxy groups -OCH3 is 1. The van der Waals surface area contributed by atoms with Gasteiger partial charge in [-0.15, -0.1) is 0 Å². The Hall–Kier alpha value is -1.95. The molecule has 0 saturated carbocycles. The highest BCUT2D eigenvalue weighted by Crippen LogP contribution is 2.28. The van der Waals surface area contributed by atoms with Crippen LogP contribution in [0, 0.1) is 5.92 Å². The molecular formula is C21H36N4O2. The van der Waals surface area contributed by atoms with Crippen molar-refractivity contribution in [2.75, 3.05) is 54.0 Å². The number of aryl methyl sites for hydroxylation is 1. The SMILES string of the molecule is CCOc1cc(CCCNC(=NC)NCC2CCN(C)CC2)ccc1OC. The first-order chi connectivity index (χ1) is 13.2. The average molecular weight is 377 g/mol. The van der Waals surface area contributed by atoms with Gasteiger partial charge in [0.2, 0.25) is 0 Å². The van der Waals surface area contributed by atoms with E-state index >= 15 is 0 Å². The van der Waals surface area contributed by atoms with Crippen molar-refractivity contribution in [1.29, 1.82) is 0 Å². The van der Waals surface area contributed by atoms with Gasteiger partial charge in [-0.3, -0.25) is 4.99 Å². The third-order valence-electron chi connectivity index (χ3n) is 5.08. The molecule has 1 aliphatic heterocycles. The number of hydrogen-bond acceptors (Lipinski definition) is 4. The van der Waals surface area contributed by atoms with Gasteiger partial charge in [-0.05, 0) is 76.4 Å². The Bertz CT molecular complexity index is 584. The highest BCUT2D eigenvalue weighted by molar-refractivity contribution is 5.79. The Morgan fingerprint density at radius 1 is 1.22 bits per heavy atom. The van der Waals surface area contributed by atoms with Crippen LogP contribution in [0.15, 0.2) is 23.2 Å². The summed E-state index contributed by atoms with van der Waals surface area (Å²) in [4.78, 5) is 6.74. The molecule has 1 fully saturated rings. The molecule has 0 radical (unpaired) electrons. The molecule has 1 heterocycles. The summed E-state index contributed by atoms with van der Waals surface area (Å²) in [5, 5.41) is 6.90. The molecule has 0 amide bonds. The highest BCUT2D eigenvalue weighted by Gasteiger charge is 2.16. The van der Waals surface area contributed by atoms with E-state index in [0.717, 1.165) is 49.3 Å². The lowest BCUT2D eigenvalue weighted by molar-refractivity contribution is 0.220. The van der Waals surface area contributed by atoms with E-state index in [9.17, 15) is 0 Å². The maximum Gasteiger partial charge on any atom is 0.190 e. The topological polar surface area (TPSA) is 58.1 Å². The molecule has 152 valence electrons. The molecule has 1 aromatic rings. The largest absolute Gasteiger partial charge is 0.493 e. The fourth-order valence-corrected chi connectivity index (χ4v) is 3.37. The maximum absolute atomic E-state index is 5.65. The van der Waals surface area contributed by atoms with Crippen molar-refractivity contribution in [3.8, 4) is 11.5 Å². The second kappa shape index (κ2) is 11.7. The van der Waals surface area contributed by atoms with E-state index in [-0.39, 0.29) is 0 Å². The molecule has 1 aromatic carbocycles. The van der Waals surface area contributed by atoms with Crippen LogP contribution in [0.3, 0.4) is 0 Å². The van der Waals surface area contributed by atoms with Crippen LogP contribution in [-0.4, -0.2) is 64.9 Å². The van der Waals surface area contributed by atoms with Crippen LogP contribution in [0.1, 0.15) is 31.7 Å². The summed E-state index contributed by atoms with van der Waals surface area (Å²) in [5.41, 5.74) is 1.26. The fraction of sp³-hybridized carbons (Fsp3) is 0.667. The monoisotopic (exact) mass is 376 g/mol. The lowest BCUT2D eigenvalue weighted by Gasteiger charge is -2.29. The molecule has 0 aromatic heterocycles. The molecule has 0 unspecified atom stereocenters. The number of guanidine groups is 1. The minimum absolute atomic E-state index is 0.640. The second-order valence-corrected chi connectivity index (χ2v) is 7.15. The number of likely N-dealkylation sites (tertiary alicyclic amines) is 1. The van der Waals surface area contributed by atoms with Crippen molar-refractivity contribution in [2.24, 2.45) is 10.9 Å². The Morgan fingerprint density at radius 3 is 2.67 bits per heavy atom. The minimum atomic E-state index is 0.640. The highest BCUT2D eigenvalue weighted by atomic mass is 16.5. The number of nitrogens with zero attached hydrogens (tertiary/aromatic N) is 2. The van der Waals surface area contributed by atoms with E-state index in [1.54, 1.807) is 7.11 Å². The standard InChI is InChI=1S/C21H36N4O2/c1-5-27-20-15-17(8-9-19(20)26-4)7-6-12-23-21(22-2)24-16-18-10-13-25(3)14-11-18/h8-9,15,18H,5-7,10-14,16H2,1-4H3,(H2,22,23,24). The third kappa shape index (κ3) is 7.29. The zero-order chi connectivity index (χ0) is 19.5. The van der Waals surface area contributed by atoms with Crippen LogP contribution < -0.4 is 20.1 Å². The smallest absolute Gasteiger partial charge is 0.190 e. The number of benzene rings is 1. The van der Waals surface area contributed by atoms with Gasteiger partial charge in [0.25, 0.3) is 0 Å². The zero-order valence-corrected chi connectivity index (χ0v) is 17.4. The molecule has 1 saturated heterocycles. The van der Waals surface area contributed by atoms with Crippen molar-refractivity contribution in [3.63, 3.8) is 0 Å². The molecule has 0 spiro atoms. The zero-order valence-electron chi connectivity index (χ0n) is 17.4. The van der Waals surface area contributed by atoms with E-state index < -0.39 is 0 Å². The third-order valence-corrected chi connectivity index (χ3v) is 5.08. The van der Waals surface area contributed by atoms with E-state index in [0.29, 0.717) is 6.61 Å². The average Bonchev–Trinajstić information content (AvgIpc) is 2.69. The first kappa shape index (κ1) is 21.4. The summed E-state index contributed by atoms with van der Waals surface area (Å²) in [6.45, 7) is 6.92. The number of hydrogen-bond donors (Lipinski definition) is 2. The minimum Gasteiger partial charge on any atom is -0.493 e. The number of nitrogens with one attached hydrogen (secondary N) is 2. The number of rotatable bonds is 9. The number of aliphatic imine (C=N–C) groups is 1. The molecule has 6 nitrogen and oxygen atoms in total. The van der Waals surface area contributed by atoms with Crippen LogP contribution in [0.4, 0.5) is 0 Å². The van der Waals surface area contributed by atoms with Crippen LogP contribution in [0.5, 0.6) is 11.5 Å². The van der Waals surface area contributed by atoms with E-state index in [1.165, 1.54) is 31.5 Å². The van der Waals surface area contributed by atoms with Gasteiger partial charge in [-0.25, -0.2) is 0 Å². The Kier molecular flexibility index (Phi) is 9.25. The van der Waals surface area contributed by atoms with Gasteiger partial charge in [0.15, 0.2) is 17.5 Å². The van der Waals surface area contributed by atoms with Crippen LogP contribution in [0.25, 0.3) is 0 Å². The first-order valence-electron chi connectivity index (χ1n) is 10.1. The molecule has 0 aliphatic carbocycles. The summed E-state index contributed by atoms with van der Waals surface area (Å²) >= 11 is 0. The first-order valence-corrected chi connectivity index (χ1v) is 10.1. The van der Waals surface area contributed by atoms with Gasteiger partial charge < -0.3 is 25.0 Å². The predicted molar refractivity (Wildman–Crippen MR) is 112 cm³/mol. The summed E-state index contributed by atoms with van der Waals surface area (Å²) < 4.78 is 11.0. The lowest BCUT2D eigenvalue weighted by atomic mass is 9.97. The van der Waals surface area contributed by atoms with Crippen LogP contribution in [-0.2, 0) is 6.42 Å². The fourth-order valence-electron chi connectivity index (χ4n) is 3.37. The number of ether oxygens (including phenoxy) is 2. The summed E-state index contributed by atoms with van der Waals surface area (Å²) in [6.07, 6.45) is 4.55. The van der Waals surface area contributed by atoms with Crippen molar-refractivity contribution < 1.29 is 9.47 Å². The predicted octanol–water partition coefficient (Wildman–Crippen LogP) is 2.53. The Balaban J connectivity index is 1.69. The Labute approximate surface area is 164 Å². The molecule has 6 heteroatoms. The van der Waals surface area contributed by atoms with Crippen molar-refractivity contribution >= 4 is 5.96 Å². The van der Waals surface area contributed by atoms with E-state index in [4.69, 9.17) is 9.47 Å². The quantitative estimate of drug-likeness (QED) is 0.394. The summed E-state index contributed by atoms with van der Waals surface area (Å²) in [5.74, 6) is 3.26. The van der Waals surface area contributed by atoms with Gasteiger partial charge in [-0.2, -0.15) is 0 Å². The van der Waals surface area contributed by atoms with Gasteiger partial charge in [-0.1, -0.05) is 6.07 Å². The molecule has 2 N–H and O–H groups in total. The van der Waals surface area contributed by atoms with Gasteiger partial charge in [0, 0.05) is 20.1 Å². The van der Waals surface area contributed by atoms with Crippen molar-refractivity contribution in [3.05, 3.63) is 23.8 Å². The lowest BCUT2D eigenvalue weighted by Crippen LogP contribution is -2.42. The second-order valence-electron chi connectivity index (χ2n) is 7.15. The Morgan fingerprint density at radius 2 is 2.00 bits per heavy atom.